The second kappa shape index (κ2) is 9.81. The van der Waals surface area contributed by atoms with Crippen molar-refractivity contribution in [1.29, 1.82) is 0 Å². The topological polar surface area (TPSA) is 52.6 Å². The van der Waals surface area contributed by atoms with Gasteiger partial charge in [0.05, 0.1) is 0 Å². The highest BCUT2D eigenvalue weighted by atomic mass is 19.4. The predicted octanol–water partition coefficient (Wildman–Crippen LogP) is 7.31. The Balaban J connectivity index is 3.91. The number of benzene rings is 1. The van der Waals surface area contributed by atoms with Crippen LogP contribution in [0.15, 0.2) is 12.1 Å². The summed E-state index contributed by atoms with van der Waals surface area (Å²) in [4.78, 5) is 22.3. The molecule has 21 heteroatoms. The Morgan fingerprint density at radius 1 is 0.550 bits per heavy atom. The quantitative estimate of drug-likeness (QED) is 0.164. The van der Waals surface area contributed by atoms with Crippen molar-refractivity contribution in [1.82, 2.24) is 0 Å². The molecule has 0 bridgehead atoms. The van der Waals surface area contributed by atoms with E-state index in [1.165, 1.54) is 0 Å². The van der Waals surface area contributed by atoms with Crippen molar-refractivity contribution in [2.45, 2.75) is 68.4 Å². The fourth-order valence-corrected chi connectivity index (χ4v) is 2.85. The summed E-state index contributed by atoms with van der Waals surface area (Å²) in [6.07, 6.45) is -7.86. The Hall–Kier alpha value is -3.03. The first-order chi connectivity index (χ1) is 17.4. The van der Waals surface area contributed by atoms with E-state index in [-0.39, 0.29) is 19.1 Å². The molecule has 0 aromatic heterocycles. The molecule has 0 saturated heterocycles. The van der Waals surface area contributed by atoms with Gasteiger partial charge in [0.15, 0.2) is 11.5 Å². The zero-order valence-electron chi connectivity index (χ0n) is 19.2. The van der Waals surface area contributed by atoms with Gasteiger partial charge in [-0.2, -0.15) is 74.6 Å². The number of carbonyl (C=O) groups is 2. The number of esters is 2. The second-order valence-electron chi connectivity index (χ2n) is 7.77. The largest absolute Gasteiger partial charge is 0.460 e. The van der Waals surface area contributed by atoms with Crippen LogP contribution in [0.25, 0.3) is 0 Å². The lowest BCUT2D eigenvalue weighted by atomic mass is 9.86. The molecule has 0 fully saturated rings. The Kier molecular flexibility index (Phi) is 8.58. The summed E-state index contributed by atoms with van der Waals surface area (Å²) in [5.74, 6) is -63.1. The predicted molar refractivity (Wildman–Crippen MR) is 93.4 cm³/mol. The fourth-order valence-electron chi connectivity index (χ4n) is 2.85. The van der Waals surface area contributed by atoms with Crippen LogP contribution >= 0.6 is 0 Å². The number of halogens is 17. The number of alkyl halides is 17. The summed E-state index contributed by atoms with van der Waals surface area (Å²) < 4.78 is 239. The van der Waals surface area contributed by atoms with Crippen molar-refractivity contribution in [2.24, 2.45) is 0 Å². The Morgan fingerprint density at radius 2 is 0.900 bits per heavy atom. The summed E-state index contributed by atoms with van der Waals surface area (Å²) >= 11 is 0. The average Bonchev–Trinajstić information content (AvgIpc) is 2.73. The van der Waals surface area contributed by atoms with E-state index in [0.29, 0.717) is 13.8 Å². The highest BCUT2D eigenvalue weighted by Gasteiger charge is 2.95. The van der Waals surface area contributed by atoms with Crippen molar-refractivity contribution < 1.29 is 93.7 Å². The van der Waals surface area contributed by atoms with E-state index >= 15 is 0 Å². The van der Waals surface area contributed by atoms with E-state index in [4.69, 9.17) is 0 Å². The standard InChI is InChI=1S/C19H11F17O4/c1-6-9(4-5-10(39-7(2)37)11(6)40-8(3)38)12(20,21)13(22,23)14(24,25)15(26,27)16(28,29)17(30,31)18(32,33)19(34,35)36/h4-5H,1-3H3. The molecule has 0 atom stereocenters. The van der Waals surface area contributed by atoms with Crippen molar-refractivity contribution in [3.8, 4) is 11.5 Å². The van der Waals surface area contributed by atoms with Gasteiger partial charge < -0.3 is 9.47 Å². The lowest BCUT2D eigenvalue weighted by molar-refractivity contribution is -0.462. The third-order valence-corrected chi connectivity index (χ3v) is 4.93. The second-order valence-corrected chi connectivity index (χ2v) is 7.77. The minimum absolute atomic E-state index is 0.0227. The van der Waals surface area contributed by atoms with E-state index in [0.717, 1.165) is 0 Å². The van der Waals surface area contributed by atoms with E-state index in [1.54, 1.807) is 0 Å². The normalized spacial score (nSPS) is 14.7. The number of carbonyl (C=O) groups excluding carboxylic acids is 2. The molecule has 1 aromatic rings. The Bertz CT molecular complexity index is 1150. The van der Waals surface area contributed by atoms with Gasteiger partial charge in [0.25, 0.3) is 0 Å². The molecule has 0 spiro atoms. The maximum Gasteiger partial charge on any atom is 0.460 e. The van der Waals surface area contributed by atoms with Crippen LogP contribution in [0.2, 0.25) is 0 Å². The fraction of sp³-hybridized carbons (Fsp3) is 0.579. The van der Waals surface area contributed by atoms with Gasteiger partial charge in [-0.1, -0.05) is 0 Å². The molecule has 0 saturated carbocycles. The molecule has 0 N–H and O–H groups in total. The van der Waals surface area contributed by atoms with Crippen molar-refractivity contribution in [3.63, 3.8) is 0 Å². The van der Waals surface area contributed by atoms with Crippen LogP contribution in [0.4, 0.5) is 74.6 Å². The molecular weight excluding hydrogens is 615 g/mol. The van der Waals surface area contributed by atoms with Gasteiger partial charge >= 0.3 is 59.6 Å². The molecule has 0 aliphatic rings. The van der Waals surface area contributed by atoms with E-state index in [9.17, 15) is 84.2 Å². The average molecular weight is 626 g/mol. The summed E-state index contributed by atoms with van der Waals surface area (Å²) in [7, 11) is 0. The molecule has 1 rings (SSSR count). The van der Waals surface area contributed by atoms with E-state index in [2.05, 4.69) is 9.47 Å². The summed E-state index contributed by atoms with van der Waals surface area (Å²) in [6, 6.07) is -0.359. The number of rotatable bonds is 9. The van der Waals surface area contributed by atoms with Crippen molar-refractivity contribution in [2.75, 3.05) is 0 Å². The Morgan fingerprint density at radius 3 is 1.25 bits per heavy atom. The molecule has 4 nitrogen and oxygen atoms in total. The molecule has 0 aliphatic heterocycles. The number of hydrogen-bond donors (Lipinski definition) is 0. The zero-order chi connectivity index (χ0) is 32.3. The third kappa shape index (κ3) is 4.88. The number of hydrogen-bond acceptors (Lipinski definition) is 4. The maximum absolute atomic E-state index is 14.7. The van der Waals surface area contributed by atoms with Gasteiger partial charge in [-0.15, -0.1) is 0 Å². The molecule has 0 heterocycles. The number of ether oxygens (including phenoxy) is 2. The van der Waals surface area contributed by atoms with Gasteiger partial charge in [0.1, 0.15) is 0 Å². The Labute approximate surface area is 210 Å². The first-order valence-corrected chi connectivity index (χ1v) is 9.60. The van der Waals surface area contributed by atoms with Crippen LogP contribution in [0.3, 0.4) is 0 Å². The van der Waals surface area contributed by atoms with Gasteiger partial charge in [-0.25, -0.2) is 0 Å². The minimum atomic E-state index is -8.76. The lowest BCUT2D eigenvalue weighted by Gasteiger charge is -2.43. The first-order valence-electron chi connectivity index (χ1n) is 9.60. The van der Waals surface area contributed by atoms with Crippen LogP contribution in [0.5, 0.6) is 11.5 Å². The summed E-state index contributed by atoms with van der Waals surface area (Å²) in [5.41, 5.74) is -4.19. The monoisotopic (exact) mass is 626 g/mol. The lowest BCUT2D eigenvalue weighted by Crippen LogP contribution is -2.74. The molecule has 40 heavy (non-hydrogen) atoms. The molecule has 0 radical (unpaired) electrons. The van der Waals surface area contributed by atoms with Crippen LogP contribution in [0, 0.1) is 6.92 Å². The van der Waals surface area contributed by atoms with Crippen LogP contribution in [-0.4, -0.2) is 53.7 Å². The van der Waals surface area contributed by atoms with Gasteiger partial charge in [-0.3, -0.25) is 9.59 Å². The molecule has 1 aromatic carbocycles. The highest BCUT2D eigenvalue weighted by molar-refractivity contribution is 5.75. The molecule has 0 aliphatic carbocycles. The van der Waals surface area contributed by atoms with Crippen molar-refractivity contribution in [3.05, 3.63) is 23.3 Å². The summed E-state index contributed by atoms with van der Waals surface area (Å²) in [5, 5.41) is 0. The van der Waals surface area contributed by atoms with Crippen LogP contribution in [0.1, 0.15) is 25.0 Å². The van der Waals surface area contributed by atoms with E-state index in [1.807, 2.05) is 0 Å². The van der Waals surface area contributed by atoms with Gasteiger partial charge in [0, 0.05) is 25.0 Å². The highest BCUT2D eigenvalue weighted by Crippen LogP contribution is 2.65. The molecular formula is C19H11F17O4. The van der Waals surface area contributed by atoms with Crippen LogP contribution < -0.4 is 9.47 Å². The van der Waals surface area contributed by atoms with Gasteiger partial charge in [0.2, 0.25) is 0 Å². The van der Waals surface area contributed by atoms with Gasteiger partial charge in [-0.05, 0) is 19.1 Å². The van der Waals surface area contributed by atoms with Crippen LogP contribution in [-0.2, 0) is 15.5 Å². The zero-order valence-corrected chi connectivity index (χ0v) is 19.2. The molecule has 0 amide bonds. The minimum Gasteiger partial charge on any atom is -0.423 e. The molecule has 0 unspecified atom stereocenters. The maximum atomic E-state index is 14.7. The summed E-state index contributed by atoms with van der Waals surface area (Å²) in [6.45, 7) is 1.38. The van der Waals surface area contributed by atoms with E-state index < -0.39 is 82.2 Å². The first kappa shape index (κ1) is 35.0. The third-order valence-electron chi connectivity index (χ3n) is 4.93. The van der Waals surface area contributed by atoms with Crippen molar-refractivity contribution >= 4 is 11.9 Å². The molecule has 230 valence electrons. The smallest absolute Gasteiger partial charge is 0.423 e. The SMILES string of the molecule is CC(=O)Oc1ccc(C(F)(F)C(F)(F)C(F)(F)C(F)(F)C(F)(F)C(F)(F)C(F)(F)C(F)(F)F)c(C)c1OC(C)=O.